The van der Waals surface area contributed by atoms with Crippen LogP contribution in [0.3, 0.4) is 0 Å². The molecule has 0 radical (unpaired) electrons. The Kier molecular flexibility index (Phi) is 2.59. The molecule has 0 heterocycles. The van der Waals surface area contributed by atoms with Crippen LogP contribution in [0.5, 0.6) is 0 Å². The summed E-state index contributed by atoms with van der Waals surface area (Å²) in [7, 11) is 0. The van der Waals surface area contributed by atoms with Crippen LogP contribution < -0.4 is 0 Å². The molecule has 2 unspecified atom stereocenters. The standard InChI is InChI=1S/C14H20O/c1-14(2,3)13(15)12-9-8-10-6-4-5-7-11(10)12/h4-7,12-13,15H,8-9H2,1-3H3. The molecule has 1 heteroatoms. The highest BCUT2D eigenvalue weighted by Crippen LogP contribution is 2.40. The smallest absolute Gasteiger partial charge is 0.0657 e. The van der Waals surface area contributed by atoms with Gasteiger partial charge < -0.3 is 5.11 Å². The summed E-state index contributed by atoms with van der Waals surface area (Å²) in [5.41, 5.74) is 2.76. The van der Waals surface area contributed by atoms with Crippen molar-refractivity contribution in [3.8, 4) is 0 Å². The number of aliphatic hydroxyl groups excluding tert-OH is 1. The molecule has 2 atom stereocenters. The maximum atomic E-state index is 10.3. The van der Waals surface area contributed by atoms with Crippen LogP contribution in [0.25, 0.3) is 0 Å². The number of benzene rings is 1. The zero-order chi connectivity index (χ0) is 11.1. The third-order valence-corrected chi connectivity index (χ3v) is 3.45. The molecular weight excluding hydrogens is 184 g/mol. The Bertz CT molecular complexity index is 349. The molecule has 0 fully saturated rings. The average Bonchev–Trinajstić information content (AvgIpc) is 2.58. The van der Waals surface area contributed by atoms with E-state index in [2.05, 4.69) is 45.0 Å². The first kappa shape index (κ1) is 10.7. The van der Waals surface area contributed by atoms with Crippen molar-refractivity contribution in [1.29, 1.82) is 0 Å². The van der Waals surface area contributed by atoms with Crippen LogP contribution in [0.15, 0.2) is 24.3 Å². The second-order valence-corrected chi connectivity index (χ2v) is 5.65. The van der Waals surface area contributed by atoms with Crippen LogP contribution in [-0.4, -0.2) is 11.2 Å². The van der Waals surface area contributed by atoms with E-state index in [1.54, 1.807) is 0 Å². The molecule has 1 aliphatic carbocycles. The van der Waals surface area contributed by atoms with E-state index in [-0.39, 0.29) is 11.5 Å². The predicted molar refractivity (Wildman–Crippen MR) is 63.0 cm³/mol. The Morgan fingerprint density at radius 3 is 2.60 bits per heavy atom. The zero-order valence-corrected chi connectivity index (χ0v) is 9.83. The molecule has 2 rings (SSSR count). The van der Waals surface area contributed by atoms with Gasteiger partial charge in [-0.15, -0.1) is 0 Å². The highest BCUT2D eigenvalue weighted by atomic mass is 16.3. The molecular formula is C14H20O. The van der Waals surface area contributed by atoms with Gasteiger partial charge in [-0.3, -0.25) is 0 Å². The molecule has 0 saturated carbocycles. The summed E-state index contributed by atoms with van der Waals surface area (Å²) >= 11 is 0. The first-order chi connectivity index (χ1) is 7.00. The second-order valence-electron chi connectivity index (χ2n) is 5.65. The van der Waals surface area contributed by atoms with Gasteiger partial charge in [-0.05, 0) is 29.4 Å². The first-order valence-corrected chi connectivity index (χ1v) is 5.76. The van der Waals surface area contributed by atoms with Crippen LogP contribution in [0.4, 0.5) is 0 Å². The fourth-order valence-electron chi connectivity index (χ4n) is 2.52. The molecule has 1 N–H and O–H groups in total. The van der Waals surface area contributed by atoms with E-state index in [0.717, 1.165) is 12.8 Å². The van der Waals surface area contributed by atoms with Gasteiger partial charge in [-0.1, -0.05) is 45.0 Å². The SMILES string of the molecule is CC(C)(C)C(O)C1CCc2ccccc21. The third-order valence-electron chi connectivity index (χ3n) is 3.45. The van der Waals surface area contributed by atoms with E-state index in [4.69, 9.17) is 0 Å². The Labute approximate surface area is 92.1 Å². The van der Waals surface area contributed by atoms with Crippen LogP contribution in [0.2, 0.25) is 0 Å². The van der Waals surface area contributed by atoms with Gasteiger partial charge in [0, 0.05) is 5.92 Å². The minimum atomic E-state index is -0.235. The first-order valence-electron chi connectivity index (χ1n) is 5.76. The molecule has 0 aromatic heterocycles. The Morgan fingerprint density at radius 1 is 1.27 bits per heavy atom. The van der Waals surface area contributed by atoms with Crippen LogP contribution in [0, 0.1) is 5.41 Å². The van der Waals surface area contributed by atoms with Gasteiger partial charge in [-0.2, -0.15) is 0 Å². The van der Waals surface area contributed by atoms with Crippen molar-refractivity contribution in [3.05, 3.63) is 35.4 Å². The van der Waals surface area contributed by atoms with Crippen molar-refractivity contribution < 1.29 is 5.11 Å². The molecule has 1 nitrogen and oxygen atoms in total. The number of hydrogen-bond donors (Lipinski definition) is 1. The summed E-state index contributed by atoms with van der Waals surface area (Å²) in [6.45, 7) is 6.33. The maximum Gasteiger partial charge on any atom is 0.0657 e. The Balaban J connectivity index is 2.28. The maximum absolute atomic E-state index is 10.3. The summed E-state index contributed by atoms with van der Waals surface area (Å²) in [5, 5.41) is 10.3. The van der Waals surface area contributed by atoms with Crippen LogP contribution >= 0.6 is 0 Å². The number of aliphatic hydroxyl groups is 1. The number of rotatable bonds is 1. The molecule has 0 amide bonds. The monoisotopic (exact) mass is 204 g/mol. The van der Waals surface area contributed by atoms with Crippen molar-refractivity contribution in [3.63, 3.8) is 0 Å². The lowest BCUT2D eigenvalue weighted by Gasteiger charge is -2.31. The minimum Gasteiger partial charge on any atom is -0.392 e. The zero-order valence-electron chi connectivity index (χ0n) is 9.83. The highest BCUT2D eigenvalue weighted by molar-refractivity contribution is 5.35. The van der Waals surface area contributed by atoms with Gasteiger partial charge in [-0.25, -0.2) is 0 Å². The molecule has 1 aromatic carbocycles. The number of hydrogen-bond acceptors (Lipinski definition) is 1. The molecule has 0 saturated heterocycles. The van der Waals surface area contributed by atoms with E-state index >= 15 is 0 Å². The minimum absolute atomic E-state index is 0.0257. The van der Waals surface area contributed by atoms with Crippen molar-refractivity contribution in [2.75, 3.05) is 0 Å². The molecule has 1 aliphatic rings. The van der Waals surface area contributed by atoms with Crippen molar-refractivity contribution in [2.45, 2.75) is 45.6 Å². The van der Waals surface area contributed by atoms with E-state index < -0.39 is 0 Å². The van der Waals surface area contributed by atoms with Gasteiger partial charge >= 0.3 is 0 Å². The van der Waals surface area contributed by atoms with E-state index in [9.17, 15) is 5.11 Å². The summed E-state index contributed by atoms with van der Waals surface area (Å²) in [4.78, 5) is 0. The molecule has 82 valence electrons. The highest BCUT2D eigenvalue weighted by Gasteiger charge is 2.35. The largest absolute Gasteiger partial charge is 0.392 e. The molecule has 0 bridgehead atoms. The summed E-state index contributed by atoms with van der Waals surface area (Å²) in [6.07, 6.45) is 1.98. The van der Waals surface area contributed by atoms with Gasteiger partial charge in [0.2, 0.25) is 0 Å². The molecule has 0 spiro atoms. The molecule has 15 heavy (non-hydrogen) atoms. The molecule has 0 aliphatic heterocycles. The van der Waals surface area contributed by atoms with Gasteiger partial charge in [0.15, 0.2) is 0 Å². The lowest BCUT2D eigenvalue weighted by Crippen LogP contribution is -2.31. The van der Waals surface area contributed by atoms with Gasteiger partial charge in [0.1, 0.15) is 0 Å². The fraction of sp³-hybridized carbons (Fsp3) is 0.571. The summed E-state index contributed by atoms with van der Waals surface area (Å²) < 4.78 is 0. The topological polar surface area (TPSA) is 20.2 Å². The fourth-order valence-corrected chi connectivity index (χ4v) is 2.52. The number of fused-ring (bicyclic) bond motifs is 1. The average molecular weight is 204 g/mol. The predicted octanol–water partition coefficient (Wildman–Crippen LogP) is 3.12. The summed E-state index contributed by atoms with van der Waals surface area (Å²) in [6, 6.07) is 8.52. The van der Waals surface area contributed by atoms with E-state index in [1.165, 1.54) is 11.1 Å². The Morgan fingerprint density at radius 2 is 1.93 bits per heavy atom. The quantitative estimate of drug-likeness (QED) is 0.745. The third kappa shape index (κ3) is 1.93. The van der Waals surface area contributed by atoms with Gasteiger partial charge in [0.25, 0.3) is 0 Å². The second kappa shape index (κ2) is 3.64. The van der Waals surface area contributed by atoms with Crippen LogP contribution in [0.1, 0.15) is 44.2 Å². The Hall–Kier alpha value is -0.820. The van der Waals surface area contributed by atoms with Crippen molar-refractivity contribution in [1.82, 2.24) is 0 Å². The molecule has 1 aromatic rings. The van der Waals surface area contributed by atoms with Crippen molar-refractivity contribution in [2.24, 2.45) is 5.41 Å². The number of aryl methyl sites for hydroxylation is 1. The lowest BCUT2D eigenvalue weighted by atomic mass is 9.79. The van der Waals surface area contributed by atoms with E-state index in [0.29, 0.717) is 5.92 Å². The van der Waals surface area contributed by atoms with E-state index in [1.807, 2.05) is 0 Å². The summed E-state index contributed by atoms with van der Waals surface area (Å²) in [5.74, 6) is 0.334. The van der Waals surface area contributed by atoms with Crippen molar-refractivity contribution >= 4 is 0 Å². The normalized spacial score (nSPS) is 22.5. The van der Waals surface area contributed by atoms with Gasteiger partial charge in [0.05, 0.1) is 6.10 Å². The van der Waals surface area contributed by atoms with Crippen LogP contribution in [-0.2, 0) is 6.42 Å². The lowest BCUT2D eigenvalue weighted by molar-refractivity contribution is 0.0389.